The number of hydrogen-bond donors (Lipinski definition) is 1. The van der Waals surface area contributed by atoms with E-state index in [2.05, 4.69) is 0 Å². The summed E-state index contributed by atoms with van der Waals surface area (Å²) in [6, 6.07) is 5.90. The number of alkyl halides is 1. The summed E-state index contributed by atoms with van der Waals surface area (Å²) in [5.41, 5.74) is -0.795. The number of ether oxygens (including phenoxy) is 1. The van der Waals surface area contributed by atoms with E-state index in [9.17, 15) is 9.18 Å². The van der Waals surface area contributed by atoms with E-state index in [1.54, 1.807) is 0 Å². The van der Waals surface area contributed by atoms with Crippen molar-refractivity contribution < 1.29 is 19.0 Å². The molecule has 1 aromatic carbocycles. The Labute approximate surface area is 92.9 Å². The summed E-state index contributed by atoms with van der Waals surface area (Å²) in [5.74, 6) is -1.00. The minimum Gasteiger partial charge on any atom is -0.478 e. The Morgan fingerprint density at radius 2 is 2.06 bits per heavy atom. The van der Waals surface area contributed by atoms with Crippen molar-refractivity contribution in [1.82, 2.24) is 0 Å². The van der Waals surface area contributed by atoms with Gasteiger partial charge in [-0.15, -0.1) is 0 Å². The van der Waals surface area contributed by atoms with Gasteiger partial charge in [0, 0.05) is 6.61 Å². The van der Waals surface area contributed by atoms with Crippen LogP contribution < -0.4 is 0 Å². The zero-order chi connectivity index (χ0) is 11.6. The van der Waals surface area contributed by atoms with E-state index in [1.807, 2.05) is 0 Å². The van der Waals surface area contributed by atoms with E-state index in [0.717, 1.165) is 0 Å². The van der Waals surface area contributed by atoms with Gasteiger partial charge >= 0.3 is 5.97 Å². The molecule has 1 aliphatic heterocycles. The Morgan fingerprint density at radius 3 is 2.56 bits per heavy atom. The van der Waals surface area contributed by atoms with Crippen LogP contribution in [0.5, 0.6) is 0 Å². The Kier molecular flexibility index (Phi) is 2.92. The Bertz CT molecular complexity index is 380. The molecule has 0 amide bonds. The highest BCUT2D eigenvalue weighted by Crippen LogP contribution is 2.34. The van der Waals surface area contributed by atoms with Crippen LogP contribution in [0.3, 0.4) is 0 Å². The molecule has 1 aliphatic rings. The molecule has 3 nitrogen and oxygen atoms in total. The molecule has 2 rings (SSSR count). The van der Waals surface area contributed by atoms with Crippen molar-refractivity contribution in [2.24, 2.45) is 0 Å². The molecule has 1 atom stereocenters. The van der Waals surface area contributed by atoms with Gasteiger partial charge in [0.15, 0.2) is 5.67 Å². The smallest absolute Gasteiger partial charge is 0.335 e. The Hall–Kier alpha value is -1.42. The minimum atomic E-state index is -1.46. The van der Waals surface area contributed by atoms with Gasteiger partial charge in [0.05, 0.1) is 12.2 Å². The topological polar surface area (TPSA) is 46.5 Å². The van der Waals surface area contributed by atoms with Gasteiger partial charge in [-0.1, -0.05) is 12.1 Å². The maximum atomic E-state index is 14.4. The number of rotatable bonds is 2. The predicted molar refractivity (Wildman–Crippen MR) is 56.2 cm³/mol. The predicted octanol–water partition coefficient (Wildman–Crippen LogP) is 2.36. The summed E-state index contributed by atoms with van der Waals surface area (Å²) in [7, 11) is 0. The van der Waals surface area contributed by atoms with Gasteiger partial charge in [0.1, 0.15) is 0 Å². The summed E-state index contributed by atoms with van der Waals surface area (Å²) in [6.45, 7) is 0.651. The van der Waals surface area contributed by atoms with Gasteiger partial charge in [-0.2, -0.15) is 0 Å². The van der Waals surface area contributed by atoms with E-state index in [0.29, 0.717) is 25.0 Å². The second-order valence-corrected chi connectivity index (χ2v) is 4.00. The van der Waals surface area contributed by atoms with E-state index in [4.69, 9.17) is 9.84 Å². The highest BCUT2D eigenvalue weighted by molar-refractivity contribution is 5.87. The van der Waals surface area contributed by atoms with Gasteiger partial charge in [-0.25, -0.2) is 9.18 Å². The van der Waals surface area contributed by atoms with Crippen molar-refractivity contribution >= 4 is 5.97 Å². The first kappa shape index (κ1) is 11.1. The van der Waals surface area contributed by atoms with Crippen LogP contribution in [0.25, 0.3) is 0 Å². The lowest BCUT2D eigenvalue weighted by Gasteiger charge is -2.29. The second-order valence-electron chi connectivity index (χ2n) is 4.00. The standard InChI is InChI=1S/C12H13FO3/c13-12(6-1-7-16-8-12)10-4-2-9(3-5-10)11(14)15/h2-5H,1,6-8H2,(H,14,15). The molecule has 0 bridgehead atoms. The van der Waals surface area contributed by atoms with Crippen LogP contribution in [0.2, 0.25) is 0 Å². The summed E-state index contributed by atoms with van der Waals surface area (Å²) in [4.78, 5) is 10.6. The lowest BCUT2D eigenvalue weighted by molar-refractivity contribution is -0.0347. The maximum Gasteiger partial charge on any atom is 0.335 e. The van der Waals surface area contributed by atoms with Crippen LogP contribution in [-0.4, -0.2) is 24.3 Å². The first-order valence-electron chi connectivity index (χ1n) is 5.22. The Morgan fingerprint density at radius 1 is 1.38 bits per heavy atom. The molecule has 16 heavy (non-hydrogen) atoms. The van der Waals surface area contributed by atoms with Crippen LogP contribution in [0.1, 0.15) is 28.8 Å². The highest BCUT2D eigenvalue weighted by Gasteiger charge is 2.34. The van der Waals surface area contributed by atoms with Crippen molar-refractivity contribution in [3.05, 3.63) is 35.4 Å². The molecular formula is C12H13FO3. The number of aromatic carboxylic acids is 1. The fraction of sp³-hybridized carbons (Fsp3) is 0.417. The molecule has 0 aromatic heterocycles. The lowest BCUT2D eigenvalue weighted by Crippen LogP contribution is -2.31. The summed E-state index contributed by atoms with van der Waals surface area (Å²) < 4.78 is 19.5. The van der Waals surface area contributed by atoms with Crippen LogP contribution in [0.4, 0.5) is 4.39 Å². The van der Waals surface area contributed by atoms with Crippen LogP contribution in [-0.2, 0) is 10.4 Å². The molecule has 1 unspecified atom stereocenters. The van der Waals surface area contributed by atoms with E-state index < -0.39 is 11.6 Å². The van der Waals surface area contributed by atoms with Gasteiger partial charge in [0.25, 0.3) is 0 Å². The molecule has 0 spiro atoms. The second kappa shape index (κ2) is 4.22. The van der Waals surface area contributed by atoms with Crippen molar-refractivity contribution in [3.63, 3.8) is 0 Å². The molecular weight excluding hydrogens is 211 g/mol. The molecule has 1 fully saturated rings. The third-order valence-electron chi connectivity index (χ3n) is 2.84. The van der Waals surface area contributed by atoms with Crippen molar-refractivity contribution in [3.8, 4) is 0 Å². The number of halogens is 1. The van der Waals surface area contributed by atoms with Crippen molar-refractivity contribution in [2.45, 2.75) is 18.5 Å². The first-order chi connectivity index (χ1) is 7.62. The molecule has 1 N–H and O–H groups in total. The normalized spacial score (nSPS) is 25.3. The largest absolute Gasteiger partial charge is 0.478 e. The molecule has 0 saturated carbocycles. The van der Waals surface area contributed by atoms with E-state index >= 15 is 0 Å². The van der Waals surface area contributed by atoms with Gasteiger partial charge < -0.3 is 9.84 Å². The van der Waals surface area contributed by atoms with E-state index in [1.165, 1.54) is 24.3 Å². The average molecular weight is 224 g/mol. The quantitative estimate of drug-likeness (QED) is 0.838. The molecule has 1 saturated heterocycles. The van der Waals surface area contributed by atoms with Gasteiger partial charge in [-0.05, 0) is 30.5 Å². The monoisotopic (exact) mass is 224 g/mol. The fourth-order valence-corrected chi connectivity index (χ4v) is 1.90. The van der Waals surface area contributed by atoms with Crippen molar-refractivity contribution in [2.75, 3.05) is 13.2 Å². The molecule has 1 aromatic rings. The molecule has 1 heterocycles. The molecule has 86 valence electrons. The highest BCUT2D eigenvalue weighted by atomic mass is 19.1. The number of carbonyl (C=O) groups is 1. The van der Waals surface area contributed by atoms with Crippen LogP contribution in [0.15, 0.2) is 24.3 Å². The summed E-state index contributed by atoms with van der Waals surface area (Å²) in [6.07, 6.45) is 1.12. The summed E-state index contributed by atoms with van der Waals surface area (Å²) in [5, 5.41) is 8.73. The third-order valence-corrected chi connectivity index (χ3v) is 2.84. The number of carboxylic acid groups (broad SMARTS) is 1. The number of benzene rings is 1. The zero-order valence-electron chi connectivity index (χ0n) is 8.78. The van der Waals surface area contributed by atoms with Gasteiger partial charge in [0.2, 0.25) is 0 Å². The first-order valence-corrected chi connectivity index (χ1v) is 5.22. The number of carboxylic acids is 1. The molecule has 0 aliphatic carbocycles. The fourth-order valence-electron chi connectivity index (χ4n) is 1.90. The Balaban J connectivity index is 2.23. The SMILES string of the molecule is O=C(O)c1ccc(C2(F)CCCOC2)cc1. The molecule has 0 radical (unpaired) electrons. The summed E-state index contributed by atoms with van der Waals surface area (Å²) >= 11 is 0. The average Bonchev–Trinajstić information content (AvgIpc) is 2.30. The van der Waals surface area contributed by atoms with Crippen LogP contribution in [0, 0.1) is 0 Å². The van der Waals surface area contributed by atoms with Gasteiger partial charge in [-0.3, -0.25) is 0 Å². The number of hydrogen-bond acceptors (Lipinski definition) is 2. The lowest BCUT2D eigenvalue weighted by atomic mass is 9.90. The minimum absolute atomic E-state index is 0.0550. The molecule has 4 heteroatoms. The van der Waals surface area contributed by atoms with Crippen molar-refractivity contribution in [1.29, 1.82) is 0 Å². The maximum absolute atomic E-state index is 14.4. The third kappa shape index (κ3) is 2.07. The van der Waals surface area contributed by atoms with E-state index in [-0.39, 0.29) is 12.2 Å². The van der Waals surface area contributed by atoms with Crippen LogP contribution >= 0.6 is 0 Å². The zero-order valence-corrected chi connectivity index (χ0v) is 8.78.